The Balaban J connectivity index is 0.000000150. The van der Waals surface area contributed by atoms with E-state index in [9.17, 15) is 0 Å². The van der Waals surface area contributed by atoms with Crippen LogP contribution in [0.2, 0.25) is 0 Å². The molecule has 0 bridgehead atoms. The highest BCUT2D eigenvalue weighted by molar-refractivity contribution is 6.13. The summed E-state index contributed by atoms with van der Waals surface area (Å²) in [5, 5.41) is 15.1. The van der Waals surface area contributed by atoms with Crippen LogP contribution in [0.3, 0.4) is 0 Å². The van der Waals surface area contributed by atoms with Gasteiger partial charge in [-0.05, 0) is 209 Å². The van der Waals surface area contributed by atoms with Crippen molar-refractivity contribution in [3.8, 4) is 22.3 Å². The number of hydrogen-bond acceptors (Lipinski definition) is 4. The zero-order valence-corrected chi connectivity index (χ0v) is 50.3. The van der Waals surface area contributed by atoms with E-state index in [1.54, 1.807) is 0 Å². The molecule has 16 aromatic rings. The molecule has 0 fully saturated rings. The van der Waals surface area contributed by atoms with Gasteiger partial charge in [-0.1, -0.05) is 224 Å². The van der Waals surface area contributed by atoms with Crippen LogP contribution < -0.4 is 19.6 Å². The Hall–Kier alpha value is -11.7. The highest BCUT2D eigenvalue weighted by atomic mass is 15.1. The molecule has 428 valence electrons. The van der Waals surface area contributed by atoms with E-state index in [0.29, 0.717) is 0 Å². The van der Waals surface area contributed by atoms with Gasteiger partial charge < -0.3 is 19.6 Å². The van der Waals surface area contributed by atoms with Gasteiger partial charge in [0.2, 0.25) is 0 Å². The van der Waals surface area contributed by atoms with Gasteiger partial charge in [-0.3, -0.25) is 0 Å². The first-order chi connectivity index (χ1) is 44.4. The third-order valence-corrected chi connectivity index (χ3v) is 17.6. The van der Waals surface area contributed by atoms with Crippen LogP contribution in [0.25, 0.3) is 86.9 Å². The zero-order valence-electron chi connectivity index (χ0n) is 50.3. The van der Waals surface area contributed by atoms with Crippen molar-refractivity contribution in [2.75, 3.05) is 33.7 Å². The number of para-hydroxylation sites is 2. The van der Waals surface area contributed by atoms with E-state index in [1.165, 1.54) is 98.3 Å². The van der Waals surface area contributed by atoms with Crippen molar-refractivity contribution in [1.82, 2.24) is 0 Å². The second-order valence-electron chi connectivity index (χ2n) is 23.1. The lowest BCUT2D eigenvalue weighted by molar-refractivity contribution is 1.21. The average Bonchev–Trinajstić information content (AvgIpc) is 1.16. The fraction of sp³-hybridized carbons (Fsp3) is 0.0233. The maximum Gasteiger partial charge on any atom is 0.0494 e. The van der Waals surface area contributed by atoms with Gasteiger partial charge in [0.15, 0.2) is 0 Å². The Morgan fingerprint density at radius 3 is 0.944 bits per heavy atom. The molecule has 4 nitrogen and oxygen atoms in total. The highest BCUT2D eigenvalue weighted by Gasteiger charge is 2.17. The van der Waals surface area contributed by atoms with E-state index in [0.717, 1.165) is 45.5 Å². The molecular weight excluding hydrogens is 1090 g/mol. The molecule has 0 amide bonds. The molecule has 0 saturated heterocycles. The van der Waals surface area contributed by atoms with E-state index in [2.05, 4.69) is 386 Å². The smallest absolute Gasteiger partial charge is 0.0494 e. The van der Waals surface area contributed by atoms with Crippen LogP contribution in [0.1, 0.15) is 0 Å². The Labute approximate surface area is 526 Å². The van der Waals surface area contributed by atoms with Gasteiger partial charge >= 0.3 is 0 Å². The number of hydrogen-bond donors (Lipinski definition) is 0. The van der Waals surface area contributed by atoms with E-state index in [4.69, 9.17) is 0 Å². The molecule has 0 N–H and O–H groups in total. The summed E-state index contributed by atoms with van der Waals surface area (Å²) < 4.78 is 0. The molecule has 0 spiro atoms. The first kappa shape index (κ1) is 54.9. The number of anilines is 10. The standard InChI is InChI=1S/2C43H32N2/c1-44(43-30-35-13-7-8-16-40(35)41-17-9-10-18-42(41)43)36-24-19-32(20-25-36)33-21-26-38(27-22-33)45(37-14-3-2-4-15-37)39-28-23-31-11-5-6-12-34(31)29-39;1-44(42-25-20-37-27-34-10-7-8-11-35(34)28-38(37)30-42)39-21-15-32(16-22-39)33-17-23-41(24-18-33)45(40-13-3-2-4-14-40)43-26-19-31-9-5-6-12-36(31)29-43/h2*2-30H,1H3. The van der Waals surface area contributed by atoms with Gasteiger partial charge in [0, 0.05) is 76.4 Å². The summed E-state index contributed by atoms with van der Waals surface area (Å²) in [6.45, 7) is 0. The minimum atomic E-state index is 1.12. The maximum atomic E-state index is 2.32. The monoisotopic (exact) mass is 1150 g/mol. The summed E-state index contributed by atoms with van der Waals surface area (Å²) >= 11 is 0. The molecule has 0 atom stereocenters. The van der Waals surface area contributed by atoms with Crippen molar-refractivity contribution in [3.05, 3.63) is 352 Å². The fourth-order valence-electron chi connectivity index (χ4n) is 12.8. The van der Waals surface area contributed by atoms with Crippen molar-refractivity contribution in [1.29, 1.82) is 0 Å². The third-order valence-electron chi connectivity index (χ3n) is 17.6. The molecule has 0 aromatic heterocycles. The predicted octanol–water partition coefficient (Wildman–Crippen LogP) is 24.1. The second-order valence-corrected chi connectivity index (χ2v) is 23.1. The molecule has 0 heterocycles. The Bertz CT molecular complexity index is 5200. The number of nitrogens with zero attached hydrogens (tertiary/aromatic N) is 4. The Morgan fingerprint density at radius 1 is 0.167 bits per heavy atom. The Kier molecular flexibility index (Phi) is 14.8. The van der Waals surface area contributed by atoms with Crippen LogP contribution in [-0.2, 0) is 0 Å². The average molecular weight is 1150 g/mol. The lowest BCUT2D eigenvalue weighted by atomic mass is 9.99. The van der Waals surface area contributed by atoms with E-state index >= 15 is 0 Å². The lowest BCUT2D eigenvalue weighted by Gasteiger charge is -2.26. The first-order valence-corrected chi connectivity index (χ1v) is 30.8. The molecule has 90 heavy (non-hydrogen) atoms. The largest absolute Gasteiger partial charge is 0.345 e. The minimum absolute atomic E-state index is 1.12. The van der Waals surface area contributed by atoms with Gasteiger partial charge in [-0.15, -0.1) is 0 Å². The summed E-state index contributed by atoms with van der Waals surface area (Å²) in [6, 6.07) is 127. The van der Waals surface area contributed by atoms with Gasteiger partial charge in [0.05, 0.1) is 0 Å². The second kappa shape index (κ2) is 24.2. The quantitative estimate of drug-likeness (QED) is 0.0893. The molecule has 0 saturated carbocycles. The van der Waals surface area contributed by atoms with Crippen molar-refractivity contribution >= 4 is 122 Å². The summed E-state index contributed by atoms with van der Waals surface area (Å²) in [4.78, 5) is 9.19. The Morgan fingerprint density at radius 2 is 0.467 bits per heavy atom. The van der Waals surface area contributed by atoms with Gasteiger partial charge in [-0.25, -0.2) is 0 Å². The summed E-state index contributed by atoms with van der Waals surface area (Å²) in [7, 11) is 4.29. The van der Waals surface area contributed by atoms with E-state index in [-0.39, 0.29) is 0 Å². The van der Waals surface area contributed by atoms with Crippen LogP contribution in [0.5, 0.6) is 0 Å². The molecular formula is C86H64N4. The summed E-state index contributed by atoms with van der Waals surface area (Å²) in [5.41, 5.74) is 16.3. The van der Waals surface area contributed by atoms with Crippen molar-refractivity contribution in [2.45, 2.75) is 0 Å². The molecule has 0 aliphatic heterocycles. The maximum absolute atomic E-state index is 2.32. The summed E-state index contributed by atoms with van der Waals surface area (Å²) in [5.74, 6) is 0. The van der Waals surface area contributed by atoms with E-state index in [1.807, 2.05) is 0 Å². The fourth-order valence-corrected chi connectivity index (χ4v) is 12.8. The number of benzene rings is 16. The minimum Gasteiger partial charge on any atom is -0.345 e. The molecule has 4 heteroatoms. The third kappa shape index (κ3) is 11.0. The van der Waals surface area contributed by atoms with Crippen LogP contribution in [0.4, 0.5) is 56.9 Å². The van der Waals surface area contributed by atoms with Crippen LogP contribution in [0, 0.1) is 0 Å². The van der Waals surface area contributed by atoms with Crippen LogP contribution in [0.15, 0.2) is 352 Å². The van der Waals surface area contributed by atoms with Gasteiger partial charge in [0.25, 0.3) is 0 Å². The lowest BCUT2D eigenvalue weighted by Crippen LogP contribution is -2.10. The van der Waals surface area contributed by atoms with Crippen molar-refractivity contribution in [3.63, 3.8) is 0 Å². The topological polar surface area (TPSA) is 13.0 Å². The predicted molar refractivity (Wildman–Crippen MR) is 387 cm³/mol. The van der Waals surface area contributed by atoms with E-state index < -0.39 is 0 Å². The SMILES string of the molecule is CN(c1ccc(-c2ccc(N(c3ccccc3)c3ccc4ccccc4c3)cc2)cc1)c1cc2ccccc2c2ccccc12.CN(c1ccc(-c2ccc(N(c3ccccc3)c3ccc4ccccc4c3)cc2)cc1)c1ccc2cc3ccccc3cc2c1. The number of rotatable bonds is 12. The normalized spacial score (nSPS) is 11.2. The van der Waals surface area contributed by atoms with Crippen LogP contribution >= 0.6 is 0 Å². The highest BCUT2D eigenvalue weighted by Crippen LogP contribution is 2.42. The first-order valence-electron chi connectivity index (χ1n) is 30.8. The van der Waals surface area contributed by atoms with Gasteiger partial charge in [-0.2, -0.15) is 0 Å². The molecule has 16 aromatic carbocycles. The van der Waals surface area contributed by atoms with Crippen molar-refractivity contribution < 1.29 is 0 Å². The molecule has 16 rings (SSSR count). The number of fused-ring (bicyclic) bond motifs is 7. The molecule has 0 unspecified atom stereocenters. The molecule has 0 aliphatic rings. The van der Waals surface area contributed by atoms with Gasteiger partial charge in [0.1, 0.15) is 0 Å². The van der Waals surface area contributed by atoms with Crippen molar-refractivity contribution in [2.24, 2.45) is 0 Å². The zero-order chi connectivity index (χ0) is 60.3. The molecule has 0 aliphatic carbocycles. The molecule has 0 radical (unpaired) electrons. The van der Waals surface area contributed by atoms with Crippen LogP contribution in [-0.4, -0.2) is 14.1 Å². The summed E-state index contributed by atoms with van der Waals surface area (Å²) in [6.07, 6.45) is 0.